The van der Waals surface area contributed by atoms with Crippen LogP contribution in [0.5, 0.6) is 5.88 Å². The van der Waals surface area contributed by atoms with Crippen molar-refractivity contribution in [3.05, 3.63) is 59.5 Å². The number of aliphatic imine (C=N–C) groups is 1. The number of benzene rings is 1. The number of hydrogen-bond acceptors (Lipinski definition) is 6. The molecule has 2 aliphatic heterocycles. The summed E-state index contributed by atoms with van der Waals surface area (Å²) < 4.78 is 22.1. The molecule has 0 unspecified atom stereocenters. The number of fused-ring (bicyclic) bond motifs is 5. The van der Waals surface area contributed by atoms with Crippen LogP contribution in [0.1, 0.15) is 67.3 Å². The number of guanidine groups is 1. The van der Waals surface area contributed by atoms with E-state index in [0.29, 0.717) is 35.5 Å². The van der Waals surface area contributed by atoms with Gasteiger partial charge in [-0.25, -0.2) is 14.7 Å². The van der Waals surface area contributed by atoms with E-state index in [1.54, 1.807) is 24.1 Å². The molecule has 1 amide bonds. The van der Waals surface area contributed by atoms with Crippen molar-refractivity contribution in [1.29, 1.82) is 0 Å². The number of pyridine rings is 1. The summed E-state index contributed by atoms with van der Waals surface area (Å²) >= 11 is 0. The predicted molar refractivity (Wildman–Crippen MR) is 142 cm³/mol. The summed E-state index contributed by atoms with van der Waals surface area (Å²) in [5.74, 6) is 1.33. The van der Waals surface area contributed by atoms with Crippen molar-refractivity contribution in [2.24, 2.45) is 4.99 Å². The number of amides is 1. The first-order chi connectivity index (χ1) is 18.6. The molecule has 0 radical (unpaired) electrons. The molecule has 2 aliphatic carbocycles. The Hall–Kier alpha value is -3.75. The number of anilines is 1. The highest BCUT2D eigenvalue weighted by atomic mass is 19.1. The van der Waals surface area contributed by atoms with Gasteiger partial charge >= 0.3 is 0 Å². The Balaban J connectivity index is 1.26. The van der Waals surface area contributed by atoms with Crippen LogP contribution < -0.4 is 9.64 Å². The van der Waals surface area contributed by atoms with Crippen molar-refractivity contribution in [2.75, 3.05) is 11.9 Å². The number of carbonyl (C=O) groups excluding carboxylic acids is 1. The third-order valence-electron chi connectivity index (χ3n) is 8.33. The van der Waals surface area contributed by atoms with Gasteiger partial charge in [-0.3, -0.25) is 14.6 Å². The standard InChI is InChI=1S/C29H31FN6O2/c1-34-27(37)25-26(36-23-11-5-10-22(23)32-29(34)36)33-35(28(25)38-20-7-3-2-4-8-20)17-18-13-15-19(16-14-18)21-9-6-12-24(30)31-21/h6,9,12-16,20,22-23H,2-5,7-8,10-11,17H2,1H3/t22-,23+/m1/s1. The molecule has 0 saturated heterocycles. The zero-order valence-corrected chi connectivity index (χ0v) is 21.5. The molecule has 2 aromatic heterocycles. The number of nitrogens with zero attached hydrogens (tertiary/aromatic N) is 6. The summed E-state index contributed by atoms with van der Waals surface area (Å²) in [4.78, 5) is 26.4. The molecule has 8 nitrogen and oxygen atoms in total. The van der Waals surface area contributed by atoms with Crippen LogP contribution in [-0.2, 0) is 6.54 Å². The van der Waals surface area contributed by atoms with Gasteiger partial charge in [-0.1, -0.05) is 36.8 Å². The lowest BCUT2D eigenvalue weighted by atomic mass is 9.98. The molecule has 2 fully saturated rings. The number of hydrogen-bond donors (Lipinski definition) is 0. The number of ether oxygens (including phenoxy) is 1. The fourth-order valence-corrected chi connectivity index (χ4v) is 6.37. The fraction of sp³-hybridized carbons (Fsp3) is 0.448. The number of halogens is 1. The van der Waals surface area contributed by atoms with Crippen LogP contribution in [0.4, 0.5) is 10.2 Å². The van der Waals surface area contributed by atoms with E-state index in [4.69, 9.17) is 14.8 Å². The highest BCUT2D eigenvalue weighted by Crippen LogP contribution is 2.43. The zero-order chi connectivity index (χ0) is 25.8. The van der Waals surface area contributed by atoms with Gasteiger partial charge in [0.15, 0.2) is 5.82 Å². The van der Waals surface area contributed by atoms with Gasteiger partial charge < -0.3 is 4.74 Å². The van der Waals surface area contributed by atoms with Crippen LogP contribution >= 0.6 is 0 Å². The van der Waals surface area contributed by atoms with Crippen molar-refractivity contribution in [3.8, 4) is 17.1 Å². The Morgan fingerprint density at radius 2 is 1.82 bits per heavy atom. The molecule has 3 aromatic rings. The Labute approximate surface area is 221 Å². The molecular formula is C29H31FN6O2. The van der Waals surface area contributed by atoms with Crippen LogP contribution in [0.3, 0.4) is 0 Å². The van der Waals surface area contributed by atoms with E-state index in [9.17, 15) is 9.18 Å². The van der Waals surface area contributed by atoms with E-state index < -0.39 is 5.95 Å². The topological polar surface area (TPSA) is 75.8 Å². The van der Waals surface area contributed by atoms with Crippen LogP contribution in [-0.4, -0.2) is 56.8 Å². The van der Waals surface area contributed by atoms with Gasteiger partial charge in [0.05, 0.1) is 24.3 Å². The molecule has 7 rings (SSSR count). The summed E-state index contributed by atoms with van der Waals surface area (Å²) in [6, 6.07) is 13.1. The number of rotatable bonds is 5. The Morgan fingerprint density at radius 1 is 1.00 bits per heavy atom. The summed E-state index contributed by atoms with van der Waals surface area (Å²) in [7, 11) is 1.80. The van der Waals surface area contributed by atoms with Crippen LogP contribution in [0, 0.1) is 5.95 Å². The highest BCUT2D eigenvalue weighted by molar-refractivity contribution is 6.19. The monoisotopic (exact) mass is 514 g/mol. The molecule has 2 atom stereocenters. The summed E-state index contributed by atoms with van der Waals surface area (Å²) in [5, 5.41) is 5.02. The maximum absolute atomic E-state index is 13.7. The number of aromatic nitrogens is 3. The quantitative estimate of drug-likeness (QED) is 0.447. The van der Waals surface area contributed by atoms with Gasteiger partial charge in [0.25, 0.3) is 5.91 Å². The zero-order valence-electron chi connectivity index (χ0n) is 21.5. The van der Waals surface area contributed by atoms with Gasteiger partial charge in [0.2, 0.25) is 17.8 Å². The Morgan fingerprint density at radius 3 is 2.61 bits per heavy atom. The third-order valence-corrected chi connectivity index (χ3v) is 8.33. The molecule has 4 heterocycles. The lowest BCUT2D eigenvalue weighted by molar-refractivity contribution is 0.0850. The molecule has 196 valence electrons. The first-order valence-corrected chi connectivity index (χ1v) is 13.7. The van der Waals surface area contributed by atoms with Crippen molar-refractivity contribution in [1.82, 2.24) is 19.7 Å². The molecule has 4 aliphatic rings. The number of carbonyl (C=O) groups is 1. The molecular weight excluding hydrogens is 483 g/mol. The highest BCUT2D eigenvalue weighted by Gasteiger charge is 2.49. The van der Waals surface area contributed by atoms with E-state index in [1.165, 1.54) is 12.5 Å². The molecule has 9 heteroatoms. The molecule has 0 spiro atoms. The average Bonchev–Trinajstić information content (AvgIpc) is 3.62. The minimum absolute atomic E-state index is 0.0794. The van der Waals surface area contributed by atoms with Crippen LogP contribution in [0.25, 0.3) is 11.3 Å². The second kappa shape index (κ2) is 9.22. The minimum Gasteiger partial charge on any atom is -0.474 e. The van der Waals surface area contributed by atoms with Crippen molar-refractivity contribution in [3.63, 3.8) is 0 Å². The molecule has 2 saturated carbocycles. The van der Waals surface area contributed by atoms with Gasteiger partial charge in [0, 0.05) is 12.6 Å². The second-order valence-corrected chi connectivity index (χ2v) is 10.8. The molecule has 38 heavy (non-hydrogen) atoms. The van der Waals surface area contributed by atoms with Crippen LogP contribution in [0.2, 0.25) is 0 Å². The second-order valence-electron chi connectivity index (χ2n) is 10.8. The van der Waals surface area contributed by atoms with E-state index in [-0.39, 0.29) is 24.1 Å². The van der Waals surface area contributed by atoms with E-state index >= 15 is 0 Å². The summed E-state index contributed by atoms with van der Waals surface area (Å²) in [6.07, 6.45) is 8.77. The average molecular weight is 515 g/mol. The fourth-order valence-electron chi connectivity index (χ4n) is 6.37. The first kappa shape index (κ1) is 23.4. The van der Waals surface area contributed by atoms with Gasteiger partial charge in [-0.2, -0.15) is 9.49 Å². The van der Waals surface area contributed by atoms with E-state index in [0.717, 1.165) is 56.1 Å². The maximum atomic E-state index is 13.7. The lowest BCUT2D eigenvalue weighted by Crippen LogP contribution is -2.51. The normalized spacial score (nSPS) is 22.8. The SMILES string of the molecule is CN1C(=O)c2c(nn(Cc3ccc(-c4cccc(F)n4)cc3)c2OC2CCCCC2)N2C1=N[C@@H]1CCC[C@@H]12. The van der Waals surface area contributed by atoms with Crippen LogP contribution in [0.15, 0.2) is 47.5 Å². The van der Waals surface area contributed by atoms with Crippen molar-refractivity contribution in [2.45, 2.75) is 76.1 Å². The summed E-state index contributed by atoms with van der Waals surface area (Å²) in [5.41, 5.74) is 2.99. The first-order valence-electron chi connectivity index (χ1n) is 13.7. The lowest BCUT2D eigenvalue weighted by Gasteiger charge is -2.34. The molecule has 0 bridgehead atoms. The van der Waals surface area contributed by atoms with Crippen molar-refractivity contribution >= 4 is 17.7 Å². The maximum Gasteiger partial charge on any atom is 0.269 e. The van der Waals surface area contributed by atoms with Crippen molar-refractivity contribution < 1.29 is 13.9 Å². The van der Waals surface area contributed by atoms with Gasteiger partial charge in [-0.05, 0) is 62.6 Å². The molecule has 0 N–H and O–H groups in total. The van der Waals surface area contributed by atoms with Gasteiger partial charge in [0.1, 0.15) is 11.7 Å². The van der Waals surface area contributed by atoms with E-state index in [2.05, 4.69) is 9.88 Å². The smallest absolute Gasteiger partial charge is 0.269 e. The molecule has 1 aromatic carbocycles. The largest absolute Gasteiger partial charge is 0.474 e. The van der Waals surface area contributed by atoms with E-state index in [1.807, 2.05) is 28.9 Å². The van der Waals surface area contributed by atoms with Gasteiger partial charge in [-0.15, -0.1) is 0 Å². The minimum atomic E-state index is -0.498. The Bertz CT molecular complexity index is 1410. The predicted octanol–water partition coefficient (Wildman–Crippen LogP) is 5.03. The summed E-state index contributed by atoms with van der Waals surface area (Å²) in [6.45, 7) is 0.456. The third kappa shape index (κ3) is 3.87. The Kier molecular flexibility index (Phi) is 5.67.